The van der Waals surface area contributed by atoms with E-state index < -0.39 is 5.97 Å². The van der Waals surface area contributed by atoms with E-state index in [9.17, 15) is 9.59 Å². The van der Waals surface area contributed by atoms with Crippen LogP contribution in [0.15, 0.2) is 12.2 Å². The molecule has 0 heterocycles. The Bertz CT molecular complexity index is 217. The number of carboxylic acids is 1. The van der Waals surface area contributed by atoms with Crippen molar-refractivity contribution in [3.8, 4) is 0 Å². The number of hydrogen-bond acceptors (Lipinski definition) is 2. The van der Waals surface area contributed by atoms with Gasteiger partial charge in [-0.25, -0.2) is 4.79 Å². The molecule has 0 aromatic carbocycles. The van der Waals surface area contributed by atoms with Crippen molar-refractivity contribution in [2.24, 2.45) is 0 Å². The van der Waals surface area contributed by atoms with E-state index in [4.69, 9.17) is 5.11 Å². The predicted molar refractivity (Wildman–Crippen MR) is 53.9 cm³/mol. The summed E-state index contributed by atoms with van der Waals surface area (Å²) in [6, 6.07) is 0. The molecule has 0 fully saturated rings. The standard InChI is InChI=1S/C10H17NO3.Ce/c1-2-3-4-5-8-11-9(12)6-7-10(13)14;/h6-7H,2-5,8H2,1H3,(H,11,12)(H,13,14);/b7-6-;. The molecule has 0 aliphatic heterocycles. The number of nitrogens with one attached hydrogen (secondary N) is 1. The number of hydrogen-bond donors (Lipinski definition) is 2. The first-order chi connectivity index (χ1) is 6.66. The van der Waals surface area contributed by atoms with Gasteiger partial charge in [-0.1, -0.05) is 26.2 Å². The summed E-state index contributed by atoms with van der Waals surface area (Å²) < 4.78 is 0. The third-order valence-corrected chi connectivity index (χ3v) is 1.71. The van der Waals surface area contributed by atoms with E-state index >= 15 is 0 Å². The molecule has 4 nitrogen and oxygen atoms in total. The van der Waals surface area contributed by atoms with Crippen molar-refractivity contribution in [2.45, 2.75) is 32.6 Å². The van der Waals surface area contributed by atoms with Crippen LogP contribution in [0.3, 0.4) is 0 Å². The fourth-order valence-corrected chi connectivity index (χ4v) is 0.969. The van der Waals surface area contributed by atoms with Crippen LogP contribution in [0.1, 0.15) is 32.6 Å². The van der Waals surface area contributed by atoms with Crippen molar-refractivity contribution in [3.63, 3.8) is 0 Å². The molecule has 0 saturated carbocycles. The fraction of sp³-hybridized carbons (Fsp3) is 0.600. The van der Waals surface area contributed by atoms with Crippen LogP contribution in [0.25, 0.3) is 0 Å². The van der Waals surface area contributed by atoms with E-state index in [0.717, 1.165) is 31.4 Å². The summed E-state index contributed by atoms with van der Waals surface area (Å²) in [4.78, 5) is 21.0. The maximum Gasteiger partial charge on any atom is 0.328 e. The van der Waals surface area contributed by atoms with Gasteiger partial charge in [0.1, 0.15) is 0 Å². The molecule has 15 heavy (non-hydrogen) atoms. The van der Waals surface area contributed by atoms with Crippen molar-refractivity contribution in [1.82, 2.24) is 5.32 Å². The molecule has 0 radical (unpaired) electrons. The van der Waals surface area contributed by atoms with Crippen molar-refractivity contribution >= 4 is 11.9 Å². The fourth-order valence-electron chi connectivity index (χ4n) is 0.969. The van der Waals surface area contributed by atoms with E-state index in [0.29, 0.717) is 6.54 Å². The average molecular weight is 339 g/mol. The van der Waals surface area contributed by atoms with E-state index in [1.807, 2.05) is 0 Å². The molecule has 0 unspecified atom stereocenters. The summed E-state index contributed by atoms with van der Waals surface area (Å²) in [5.41, 5.74) is 0. The zero-order valence-electron chi connectivity index (χ0n) is 8.95. The summed E-state index contributed by atoms with van der Waals surface area (Å²) >= 11 is 0. The Morgan fingerprint density at radius 3 is 2.40 bits per heavy atom. The molecule has 0 aliphatic rings. The number of carbonyl (C=O) groups is 2. The van der Waals surface area contributed by atoms with Crippen molar-refractivity contribution in [2.75, 3.05) is 6.54 Å². The minimum Gasteiger partial charge on any atom is -0.478 e. The van der Waals surface area contributed by atoms with Gasteiger partial charge in [-0.2, -0.15) is 0 Å². The Morgan fingerprint density at radius 1 is 1.20 bits per heavy atom. The van der Waals surface area contributed by atoms with Gasteiger partial charge in [-0.3, -0.25) is 4.79 Å². The van der Waals surface area contributed by atoms with Crippen LogP contribution in [0.2, 0.25) is 0 Å². The maximum atomic E-state index is 10.9. The van der Waals surface area contributed by atoms with Gasteiger partial charge in [0, 0.05) is 60.4 Å². The van der Waals surface area contributed by atoms with Gasteiger partial charge in [0.05, 0.1) is 0 Å². The second-order valence-corrected chi connectivity index (χ2v) is 3.02. The predicted octanol–water partition coefficient (Wildman–Crippen LogP) is 1.32. The van der Waals surface area contributed by atoms with Gasteiger partial charge in [0.25, 0.3) is 0 Å². The number of aliphatic carboxylic acids is 1. The molecule has 0 saturated heterocycles. The van der Waals surface area contributed by atoms with E-state index in [2.05, 4.69) is 12.2 Å². The van der Waals surface area contributed by atoms with E-state index in [1.54, 1.807) is 0 Å². The molecular formula is C10H17CeNO3. The van der Waals surface area contributed by atoms with Gasteiger partial charge in [0.15, 0.2) is 0 Å². The summed E-state index contributed by atoms with van der Waals surface area (Å²) in [5, 5.41) is 10.8. The Labute approximate surface area is 124 Å². The molecule has 0 rings (SSSR count). The largest absolute Gasteiger partial charge is 0.478 e. The SMILES string of the molecule is CCCCCCNC(=O)/C=C\C(=O)O.[Ce]. The molecule has 0 bridgehead atoms. The van der Waals surface area contributed by atoms with E-state index in [-0.39, 0.29) is 47.7 Å². The van der Waals surface area contributed by atoms with Crippen LogP contribution in [0.5, 0.6) is 0 Å². The summed E-state index contributed by atoms with van der Waals surface area (Å²) in [5.74, 6) is -1.45. The second kappa shape index (κ2) is 12.1. The smallest absolute Gasteiger partial charge is 0.328 e. The number of rotatable bonds is 7. The minimum absolute atomic E-state index is 0. The molecule has 1 amide bonds. The number of amides is 1. The van der Waals surface area contributed by atoms with Gasteiger partial charge in [-0.05, 0) is 6.42 Å². The molecule has 0 spiro atoms. The first-order valence-corrected chi connectivity index (χ1v) is 4.85. The molecule has 0 aromatic rings. The first-order valence-electron chi connectivity index (χ1n) is 4.85. The number of carboxylic acid groups (broad SMARTS) is 1. The third kappa shape index (κ3) is 14.1. The quantitative estimate of drug-likeness (QED) is 0.543. The summed E-state index contributed by atoms with van der Waals surface area (Å²) in [6.45, 7) is 2.73. The van der Waals surface area contributed by atoms with Crippen molar-refractivity contribution < 1.29 is 56.4 Å². The van der Waals surface area contributed by atoms with Crippen LogP contribution in [0.4, 0.5) is 0 Å². The van der Waals surface area contributed by atoms with Gasteiger partial charge in [-0.15, -0.1) is 0 Å². The summed E-state index contributed by atoms with van der Waals surface area (Å²) in [7, 11) is 0. The monoisotopic (exact) mass is 339 g/mol. The molecule has 0 atom stereocenters. The van der Waals surface area contributed by atoms with Crippen molar-refractivity contribution in [3.05, 3.63) is 12.2 Å². The van der Waals surface area contributed by atoms with Gasteiger partial charge in [0.2, 0.25) is 5.91 Å². The average Bonchev–Trinajstić information content (AvgIpc) is 2.14. The first kappa shape index (κ1) is 17.5. The molecule has 0 aliphatic carbocycles. The summed E-state index contributed by atoms with van der Waals surface area (Å²) in [6.07, 6.45) is 6.23. The Kier molecular flexibility index (Phi) is 14.1. The third-order valence-electron chi connectivity index (χ3n) is 1.71. The topological polar surface area (TPSA) is 66.4 Å². The second-order valence-electron chi connectivity index (χ2n) is 3.02. The van der Waals surface area contributed by atoms with Gasteiger partial charge >= 0.3 is 5.97 Å². The van der Waals surface area contributed by atoms with Crippen LogP contribution in [0, 0.1) is 41.7 Å². The van der Waals surface area contributed by atoms with Crippen LogP contribution >= 0.6 is 0 Å². The van der Waals surface area contributed by atoms with Crippen LogP contribution in [-0.4, -0.2) is 23.5 Å². The normalized spacial score (nSPS) is 9.67. The maximum absolute atomic E-state index is 10.9. The van der Waals surface area contributed by atoms with Gasteiger partial charge < -0.3 is 10.4 Å². The number of unbranched alkanes of at least 4 members (excludes halogenated alkanes) is 3. The van der Waals surface area contributed by atoms with Crippen molar-refractivity contribution in [1.29, 1.82) is 0 Å². The molecule has 84 valence electrons. The van der Waals surface area contributed by atoms with Crippen LogP contribution < -0.4 is 5.32 Å². The zero-order valence-corrected chi connectivity index (χ0v) is 12.1. The molecular weight excluding hydrogens is 322 g/mol. The zero-order chi connectivity index (χ0) is 10.8. The molecule has 5 heteroatoms. The molecule has 2 N–H and O–H groups in total. The van der Waals surface area contributed by atoms with Crippen LogP contribution in [-0.2, 0) is 9.59 Å². The minimum atomic E-state index is -1.11. The molecule has 0 aromatic heterocycles. The van der Waals surface area contributed by atoms with E-state index in [1.165, 1.54) is 6.42 Å². The number of carbonyl (C=O) groups excluding carboxylic acids is 1. The Balaban J connectivity index is 0. The Morgan fingerprint density at radius 2 is 1.87 bits per heavy atom. The Hall–Kier alpha value is 0.0566.